The lowest BCUT2D eigenvalue weighted by Gasteiger charge is -2.10. The predicted octanol–water partition coefficient (Wildman–Crippen LogP) is 2.77. The number of hydrogen-bond donors (Lipinski definition) is 0. The van der Waals surface area contributed by atoms with Gasteiger partial charge in [-0.25, -0.2) is 4.98 Å². The molecule has 0 spiro atoms. The van der Waals surface area contributed by atoms with Crippen molar-refractivity contribution in [2.24, 2.45) is 4.99 Å². The van der Waals surface area contributed by atoms with Crippen molar-refractivity contribution in [3.05, 3.63) is 40.7 Å². The molecule has 0 saturated carbocycles. The van der Waals surface area contributed by atoms with Crippen LogP contribution in [0.5, 0.6) is 0 Å². The standard InChI is InChI=1S/C17H16ClN3O3/c1-21(2)8-7-19-12-9-13(22)14-16(15(12)23)24-17(20-14)10-3-5-11(18)6-4-10/h3-6H,7-9H2,1-2H3. The van der Waals surface area contributed by atoms with Crippen LogP contribution in [-0.4, -0.2) is 54.3 Å². The first kappa shape index (κ1) is 16.5. The SMILES string of the molecule is CN(C)CCN=C1CC(=O)c2nc(-c3ccc(Cl)cc3)oc2C1=O. The summed E-state index contributed by atoms with van der Waals surface area (Å²) in [4.78, 5) is 35.1. The van der Waals surface area contributed by atoms with Crippen LogP contribution in [0.25, 0.3) is 11.5 Å². The van der Waals surface area contributed by atoms with Gasteiger partial charge in [0, 0.05) is 17.1 Å². The van der Waals surface area contributed by atoms with Crippen LogP contribution in [0.2, 0.25) is 5.02 Å². The molecule has 7 heteroatoms. The molecule has 124 valence electrons. The summed E-state index contributed by atoms with van der Waals surface area (Å²) in [7, 11) is 3.84. The zero-order valence-electron chi connectivity index (χ0n) is 13.4. The Kier molecular flexibility index (Phi) is 4.59. The molecule has 0 saturated heterocycles. The predicted molar refractivity (Wildman–Crippen MR) is 91.1 cm³/mol. The van der Waals surface area contributed by atoms with Crippen molar-refractivity contribution >= 4 is 28.9 Å². The first-order chi connectivity index (χ1) is 11.5. The Morgan fingerprint density at radius 2 is 1.96 bits per heavy atom. The molecule has 1 aliphatic rings. The van der Waals surface area contributed by atoms with Crippen LogP contribution < -0.4 is 0 Å². The number of Topliss-reactive ketones (excluding diaryl/α,β-unsaturated/α-hetero) is 2. The number of likely N-dealkylation sites (N-methyl/N-ethyl adjacent to an activating group) is 1. The number of carbonyl (C=O) groups is 2. The average molecular weight is 346 g/mol. The fourth-order valence-electron chi connectivity index (χ4n) is 2.34. The summed E-state index contributed by atoms with van der Waals surface area (Å²) in [5.41, 5.74) is 0.963. The molecule has 0 aliphatic heterocycles. The Morgan fingerprint density at radius 1 is 1.25 bits per heavy atom. The van der Waals surface area contributed by atoms with E-state index in [1.807, 2.05) is 19.0 Å². The lowest BCUT2D eigenvalue weighted by Crippen LogP contribution is -2.27. The second-order valence-electron chi connectivity index (χ2n) is 5.76. The van der Waals surface area contributed by atoms with E-state index in [1.165, 1.54) is 0 Å². The minimum Gasteiger partial charge on any atom is -0.432 e. The van der Waals surface area contributed by atoms with E-state index in [9.17, 15) is 9.59 Å². The highest BCUT2D eigenvalue weighted by Crippen LogP contribution is 2.27. The van der Waals surface area contributed by atoms with Crippen LogP contribution in [-0.2, 0) is 0 Å². The molecule has 2 aromatic rings. The molecule has 1 heterocycles. The van der Waals surface area contributed by atoms with Gasteiger partial charge in [0.15, 0.2) is 11.5 Å². The van der Waals surface area contributed by atoms with Crippen LogP contribution in [0.3, 0.4) is 0 Å². The third-order valence-corrected chi connectivity index (χ3v) is 3.88. The normalized spacial score (nSPS) is 16.1. The van der Waals surface area contributed by atoms with E-state index < -0.39 is 0 Å². The topological polar surface area (TPSA) is 75.8 Å². The fourth-order valence-corrected chi connectivity index (χ4v) is 2.46. The number of halogens is 1. The highest BCUT2D eigenvalue weighted by molar-refractivity contribution is 6.51. The van der Waals surface area contributed by atoms with Crippen molar-refractivity contribution in [1.82, 2.24) is 9.88 Å². The maximum atomic E-state index is 12.5. The van der Waals surface area contributed by atoms with Crippen LogP contribution in [0, 0.1) is 0 Å². The monoisotopic (exact) mass is 345 g/mol. The number of aromatic nitrogens is 1. The van der Waals surface area contributed by atoms with E-state index >= 15 is 0 Å². The summed E-state index contributed by atoms with van der Waals surface area (Å²) >= 11 is 5.86. The van der Waals surface area contributed by atoms with E-state index in [-0.39, 0.29) is 41.0 Å². The Morgan fingerprint density at radius 3 is 2.62 bits per heavy atom. The smallest absolute Gasteiger partial charge is 0.244 e. The van der Waals surface area contributed by atoms with E-state index in [0.29, 0.717) is 23.7 Å². The van der Waals surface area contributed by atoms with E-state index in [0.717, 1.165) is 0 Å². The second-order valence-corrected chi connectivity index (χ2v) is 6.20. The molecule has 1 aliphatic carbocycles. The van der Waals surface area contributed by atoms with Gasteiger partial charge in [-0.05, 0) is 38.4 Å². The van der Waals surface area contributed by atoms with Gasteiger partial charge in [0.1, 0.15) is 0 Å². The summed E-state index contributed by atoms with van der Waals surface area (Å²) in [5, 5.41) is 0.581. The number of fused-ring (bicyclic) bond motifs is 1. The zero-order chi connectivity index (χ0) is 17.3. The van der Waals surface area contributed by atoms with Crippen molar-refractivity contribution in [3.8, 4) is 11.5 Å². The number of aliphatic imine (C=N–C) groups is 1. The molecule has 1 aromatic carbocycles. The van der Waals surface area contributed by atoms with Crippen molar-refractivity contribution in [1.29, 1.82) is 0 Å². The summed E-state index contributed by atoms with van der Waals surface area (Å²) in [6, 6.07) is 6.83. The van der Waals surface area contributed by atoms with Crippen molar-refractivity contribution in [3.63, 3.8) is 0 Å². The lowest BCUT2D eigenvalue weighted by molar-refractivity contribution is 0.0949. The van der Waals surface area contributed by atoms with Crippen LogP contribution in [0.4, 0.5) is 0 Å². The van der Waals surface area contributed by atoms with Gasteiger partial charge in [-0.3, -0.25) is 14.6 Å². The average Bonchev–Trinajstić information content (AvgIpc) is 2.98. The summed E-state index contributed by atoms with van der Waals surface area (Å²) in [5.74, 6) is -0.416. The molecule has 0 unspecified atom stereocenters. The zero-order valence-corrected chi connectivity index (χ0v) is 14.1. The number of carbonyl (C=O) groups excluding carboxylic acids is 2. The molecule has 0 bridgehead atoms. The van der Waals surface area contributed by atoms with Gasteiger partial charge >= 0.3 is 0 Å². The molecule has 0 radical (unpaired) electrons. The van der Waals surface area contributed by atoms with E-state index in [2.05, 4.69) is 9.98 Å². The lowest BCUT2D eigenvalue weighted by atomic mass is 9.97. The summed E-state index contributed by atoms with van der Waals surface area (Å²) < 4.78 is 5.56. The number of oxazole rings is 1. The third-order valence-electron chi connectivity index (χ3n) is 3.63. The van der Waals surface area contributed by atoms with E-state index in [4.69, 9.17) is 16.0 Å². The molecular weight excluding hydrogens is 330 g/mol. The van der Waals surface area contributed by atoms with Crippen LogP contribution in [0.1, 0.15) is 27.5 Å². The number of ketones is 2. The third kappa shape index (κ3) is 3.29. The summed E-state index contributed by atoms with van der Waals surface area (Å²) in [6.45, 7) is 1.15. The fraction of sp³-hybridized carbons (Fsp3) is 0.294. The Hall–Kier alpha value is -2.31. The maximum absolute atomic E-state index is 12.5. The molecular formula is C17H16ClN3O3. The maximum Gasteiger partial charge on any atom is 0.244 e. The van der Waals surface area contributed by atoms with Crippen molar-refractivity contribution in [2.75, 3.05) is 27.2 Å². The Labute approximate surface area is 144 Å². The molecule has 0 fully saturated rings. The van der Waals surface area contributed by atoms with Crippen LogP contribution in [0.15, 0.2) is 33.7 Å². The number of benzene rings is 1. The Balaban J connectivity index is 1.91. The quantitative estimate of drug-likeness (QED) is 0.851. The molecule has 0 N–H and O–H groups in total. The number of rotatable bonds is 4. The first-order valence-corrected chi connectivity index (χ1v) is 7.86. The molecule has 0 amide bonds. The first-order valence-electron chi connectivity index (χ1n) is 7.48. The van der Waals surface area contributed by atoms with Gasteiger partial charge in [-0.15, -0.1) is 0 Å². The van der Waals surface area contributed by atoms with Gasteiger partial charge in [0.25, 0.3) is 0 Å². The molecule has 24 heavy (non-hydrogen) atoms. The Bertz CT molecular complexity index is 822. The molecule has 1 aromatic heterocycles. The minimum absolute atomic E-state index is 0.0280. The van der Waals surface area contributed by atoms with Crippen molar-refractivity contribution < 1.29 is 14.0 Å². The van der Waals surface area contributed by atoms with Gasteiger partial charge < -0.3 is 9.32 Å². The molecule has 0 atom stereocenters. The molecule has 6 nitrogen and oxygen atoms in total. The highest BCUT2D eigenvalue weighted by atomic mass is 35.5. The van der Waals surface area contributed by atoms with Gasteiger partial charge in [0.2, 0.25) is 17.4 Å². The minimum atomic E-state index is -0.365. The van der Waals surface area contributed by atoms with Crippen molar-refractivity contribution in [2.45, 2.75) is 6.42 Å². The second kappa shape index (κ2) is 6.67. The van der Waals surface area contributed by atoms with Gasteiger partial charge in [-0.1, -0.05) is 11.6 Å². The van der Waals surface area contributed by atoms with Gasteiger partial charge in [0.05, 0.1) is 18.7 Å². The number of hydrogen-bond acceptors (Lipinski definition) is 6. The largest absolute Gasteiger partial charge is 0.432 e. The summed E-state index contributed by atoms with van der Waals surface area (Å²) in [6.07, 6.45) is -0.0359. The van der Waals surface area contributed by atoms with Crippen LogP contribution >= 0.6 is 11.6 Å². The van der Waals surface area contributed by atoms with Gasteiger partial charge in [-0.2, -0.15) is 0 Å². The molecule has 3 rings (SSSR count). The highest BCUT2D eigenvalue weighted by Gasteiger charge is 2.35. The van der Waals surface area contributed by atoms with E-state index in [1.54, 1.807) is 24.3 Å². The number of nitrogens with zero attached hydrogens (tertiary/aromatic N) is 3.